The summed E-state index contributed by atoms with van der Waals surface area (Å²) < 4.78 is 40.0. The molecule has 0 fully saturated rings. The summed E-state index contributed by atoms with van der Waals surface area (Å²) in [4.78, 5) is 21.0. The third-order valence-electron chi connectivity index (χ3n) is 6.09. The van der Waals surface area contributed by atoms with Gasteiger partial charge in [-0.25, -0.2) is 13.8 Å². The van der Waals surface area contributed by atoms with Gasteiger partial charge < -0.3 is 20.1 Å². The van der Waals surface area contributed by atoms with Crippen LogP contribution in [0.25, 0.3) is 0 Å². The number of hydrogen-bond acceptors (Lipinski definition) is 7. The van der Waals surface area contributed by atoms with Gasteiger partial charge in [0.05, 0.1) is 0 Å². The number of halogens is 2. The van der Waals surface area contributed by atoms with Gasteiger partial charge in [0.2, 0.25) is 5.91 Å². The van der Waals surface area contributed by atoms with Crippen molar-refractivity contribution >= 4 is 22.4 Å². The Kier molecular flexibility index (Phi) is 7.11. The monoisotopic (exact) mass is 522 g/mol. The fourth-order valence-corrected chi connectivity index (χ4v) is 4.88. The summed E-state index contributed by atoms with van der Waals surface area (Å²) in [5.41, 5.74) is 1.27. The van der Waals surface area contributed by atoms with Crippen LogP contribution in [0.2, 0.25) is 0 Å². The summed E-state index contributed by atoms with van der Waals surface area (Å²) in [6.45, 7) is 2.48. The van der Waals surface area contributed by atoms with Gasteiger partial charge in [0.1, 0.15) is 29.7 Å². The summed E-state index contributed by atoms with van der Waals surface area (Å²) in [5, 5.41) is 8.61. The lowest BCUT2D eigenvalue weighted by molar-refractivity contribution is -0.117. The van der Waals surface area contributed by atoms with Crippen LogP contribution in [0.5, 0.6) is 17.2 Å². The maximum Gasteiger partial charge on any atom is 0.228 e. The van der Waals surface area contributed by atoms with E-state index in [0.29, 0.717) is 29.6 Å². The summed E-state index contributed by atoms with van der Waals surface area (Å²) in [6.07, 6.45) is 3.96. The minimum Gasteiger partial charge on any atom is -0.483 e. The number of thiazole rings is 1. The number of ether oxygens (including phenoxy) is 2. The first-order chi connectivity index (χ1) is 17.9. The van der Waals surface area contributed by atoms with Gasteiger partial charge in [-0.2, -0.15) is 0 Å². The van der Waals surface area contributed by atoms with Crippen LogP contribution in [0.1, 0.15) is 30.2 Å². The second kappa shape index (κ2) is 10.6. The molecule has 0 spiro atoms. The summed E-state index contributed by atoms with van der Waals surface area (Å²) in [7, 11) is 0. The zero-order chi connectivity index (χ0) is 25.8. The topological polar surface area (TPSA) is 85.4 Å². The van der Waals surface area contributed by atoms with Crippen LogP contribution in [0.15, 0.2) is 66.3 Å². The van der Waals surface area contributed by atoms with Crippen LogP contribution in [0.3, 0.4) is 0 Å². The van der Waals surface area contributed by atoms with Gasteiger partial charge in [-0.05, 0) is 60.9 Å². The van der Waals surface area contributed by atoms with Crippen molar-refractivity contribution in [1.82, 2.24) is 15.3 Å². The fourth-order valence-electron chi connectivity index (χ4n) is 4.34. The molecule has 37 heavy (non-hydrogen) atoms. The number of anilines is 1. The molecule has 0 radical (unpaired) electrons. The van der Waals surface area contributed by atoms with E-state index in [1.165, 1.54) is 41.8 Å². The van der Waals surface area contributed by atoms with Crippen molar-refractivity contribution in [2.45, 2.75) is 31.9 Å². The number of carbonyl (C=O) groups excluding carboxylic acids is 1. The Bertz CT molecular complexity index is 1420. The molecule has 1 aliphatic rings. The minimum atomic E-state index is -0.708. The highest BCUT2D eigenvalue weighted by atomic mass is 32.1. The van der Waals surface area contributed by atoms with Crippen molar-refractivity contribution in [3.05, 3.63) is 94.8 Å². The number of aromatic nitrogens is 2. The number of pyridine rings is 1. The van der Waals surface area contributed by atoms with E-state index in [1.807, 2.05) is 13.0 Å². The molecule has 0 aliphatic carbocycles. The molecule has 0 saturated carbocycles. The second-order valence-electron chi connectivity index (χ2n) is 8.81. The summed E-state index contributed by atoms with van der Waals surface area (Å²) >= 11 is 1.35. The van der Waals surface area contributed by atoms with E-state index in [1.54, 1.807) is 29.8 Å². The molecule has 1 aliphatic heterocycles. The molecule has 0 saturated heterocycles. The van der Waals surface area contributed by atoms with E-state index >= 15 is 0 Å². The van der Waals surface area contributed by atoms with Gasteiger partial charge in [0, 0.05) is 42.3 Å². The first-order valence-corrected chi connectivity index (χ1v) is 12.5. The van der Waals surface area contributed by atoms with Crippen LogP contribution in [0, 0.1) is 11.6 Å². The van der Waals surface area contributed by atoms with Crippen LogP contribution in [-0.2, 0) is 23.4 Å². The van der Waals surface area contributed by atoms with Crippen LogP contribution >= 0.6 is 11.3 Å². The number of nitrogens with zero attached hydrogens (tertiary/aromatic N) is 2. The van der Waals surface area contributed by atoms with Crippen LogP contribution in [0.4, 0.5) is 13.9 Å². The maximum absolute atomic E-state index is 14.2. The van der Waals surface area contributed by atoms with E-state index in [9.17, 15) is 13.6 Å². The van der Waals surface area contributed by atoms with E-state index in [2.05, 4.69) is 20.6 Å². The zero-order valence-corrected chi connectivity index (χ0v) is 20.8. The molecule has 0 bridgehead atoms. The average molecular weight is 523 g/mol. The molecule has 2 aromatic heterocycles. The number of nitrogens with one attached hydrogen (secondary N) is 2. The predicted molar refractivity (Wildman–Crippen MR) is 136 cm³/mol. The van der Waals surface area contributed by atoms with Gasteiger partial charge in [-0.1, -0.05) is 6.07 Å². The molecule has 2 N–H and O–H groups in total. The average Bonchev–Trinajstić information content (AvgIpc) is 3.37. The summed E-state index contributed by atoms with van der Waals surface area (Å²) in [5.74, 6) is -0.146. The van der Waals surface area contributed by atoms with E-state index in [4.69, 9.17) is 9.47 Å². The van der Waals surface area contributed by atoms with Crippen LogP contribution in [-0.4, -0.2) is 22.4 Å². The lowest BCUT2D eigenvalue weighted by atomic mass is 9.81. The highest BCUT2D eigenvalue weighted by molar-refractivity contribution is 7.13. The van der Waals surface area contributed by atoms with Crippen molar-refractivity contribution in [3.8, 4) is 17.2 Å². The number of amides is 1. The lowest BCUT2D eigenvalue weighted by Crippen LogP contribution is -2.47. The van der Waals surface area contributed by atoms with Gasteiger partial charge in [-0.15, -0.1) is 11.3 Å². The summed E-state index contributed by atoms with van der Waals surface area (Å²) in [6, 6.07) is 12.2. The van der Waals surface area contributed by atoms with Crippen molar-refractivity contribution in [2.75, 3.05) is 11.9 Å². The molecule has 190 valence electrons. The molecule has 7 nitrogen and oxygen atoms in total. The third-order valence-corrected chi connectivity index (χ3v) is 6.78. The Balaban J connectivity index is 1.47. The third kappa shape index (κ3) is 5.76. The SMILES string of the molecule is CC1(CC(=O)Nc2nccs2)NCCc2cc(OCc3ncccc3F)c(Oc3cccc(F)c3)cc21. The normalized spacial score (nSPS) is 16.6. The Hall–Kier alpha value is -3.89. The molecule has 1 amide bonds. The maximum atomic E-state index is 14.2. The Labute approximate surface area is 216 Å². The van der Waals surface area contributed by atoms with E-state index in [-0.39, 0.29) is 30.4 Å². The second-order valence-corrected chi connectivity index (χ2v) is 9.70. The number of rotatable bonds is 8. The molecule has 10 heteroatoms. The number of carbonyl (C=O) groups is 1. The van der Waals surface area contributed by atoms with Gasteiger partial charge in [0.25, 0.3) is 0 Å². The van der Waals surface area contributed by atoms with Crippen molar-refractivity contribution < 1.29 is 23.0 Å². The van der Waals surface area contributed by atoms with E-state index < -0.39 is 17.2 Å². The van der Waals surface area contributed by atoms with Crippen molar-refractivity contribution in [2.24, 2.45) is 0 Å². The minimum absolute atomic E-state index is 0.114. The first-order valence-electron chi connectivity index (χ1n) is 11.7. The fraction of sp³-hybridized carbons (Fsp3) is 0.222. The van der Waals surface area contributed by atoms with Gasteiger partial charge in [0.15, 0.2) is 16.6 Å². The van der Waals surface area contributed by atoms with Crippen LogP contribution < -0.4 is 20.1 Å². The lowest BCUT2D eigenvalue weighted by Gasteiger charge is -2.37. The van der Waals surface area contributed by atoms with Gasteiger partial charge in [-0.3, -0.25) is 9.78 Å². The quantitative estimate of drug-likeness (QED) is 0.314. The standard InChI is InChI=1S/C27H24F2N4O3S/c1-27(15-25(34)33-26-31-10-11-37-26)20-14-24(36-19-5-2-4-18(28)13-19)23(12-17(20)7-9-32-27)35-16-22-21(29)6-3-8-30-22/h2-6,8,10-14,32H,7,9,15-16H2,1H3,(H,31,33,34). The predicted octanol–water partition coefficient (Wildman–Crippen LogP) is 5.58. The first kappa shape index (κ1) is 24.8. The smallest absolute Gasteiger partial charge is 0.228 e. The van der Waals surface area contributed by atoms with Gasteiger partial charge >= 0.3 is 0 Å². The number of fused-ring (bicyclic) bond motifs is 1. The number of benzene rings is 2. The molecular formula is C27H24F2N4O3S. The van der Waals surface area contributed by atoms with Crippen molar-refractivity contribution in [1.29, 1.82) is 0 Å². The molecular weight excluding hydrogens is 498 g/mol. The molecule has 1 unspecified atom stereocenters. The Morgan fingerprint density at radius 2 is 2.03 bits per heavy atom. The highest BCUT2D eigenvalue weighted by Crippen LogP contribution is 2.41. The Morgan fingerprint density at radius 3 is 2.81 bits per heavy atom. The molecule has 1 atom stereocenters. The Morgan fingerprint density at radius 1 is 1.14 bits per heavy atom. The van der Waals surface area contributed by atoms with E-state index in [0.717, 1.165) is 11.1 Å². The van der Waals surface area contributed by atoms with Crippen molar-refractivity contribution in [3.63, 3.8) is 0 Å². The molecule has 2 aromatic carbocycles. The molecule has 3 heterocycles. The number of hydrogen-bond donors (Lipinski definition) is 2. The largest absolute Gasteiger partial charge is 0.483 e. The molecule has 5 rings (SSSR count). The highest BCUT2D eigenvalue weighted by Gasteiger charge is 2.35. The molecule has 4 aromatic rings. The zero-order valence-electron chi connectivity index (χ0n) is 20.0.